The van der Waals surface area contributed by atoms with Gasteiger partial charge in [-0.1, -0.05) is 17.7 Å². The summed E-state index contributed by atoms with van der Waals surface area (Å²) < 4.78 is 5.17. The molecule has 0 atom stereocenters. The van der Waals surface area contributed by atoms with Gasteiger partial charge in [0.25, 0.3) is 5.91 Å². The van der Waals surface area contributed by atoms with Crippen molar-refractivity contribution in [2.45, 2.75) is 52.6 Å². The topological polar surface area (TPSA) is 79.0 Å². The summed E-state index contributed by atoms with van der Waals surface area (Å²) in [4.78, 5) is 40.1. The molecule has 29 heavy (non-hydrogen) atoms. The third kappa shape index (κ3) is 7.75. The smallest absolute Gasteiger partial charge is 0.407 e. The fraction of sp³-hybridized carbons (Fsp3) is 0.591. The number of piperazine rings is 1. The van der Waals surface area contributed by atoms with E-state index in [9.17, 15) is 14.4 Å². The van der Waals surface area contributed by atoms with E-state index in [1.165, 1.54) is 0 Å². The Morgan fingerprint density at radius 1 is 0.966 bits per heavy atom. The van der Waals surface area contributed by atoms with Gasteiger partial charge in [0.05, 0.1) is 0 Å². The maximum absolute atomic E-state index is 12.6. The Hall–Kier alpha value is -2.57. The van der Waals surface area contributed by atoms with Gasteiger partial charge in [-0.2, -0.15) is 0 Å². The first kappa shape index (κ1) is 22.7. The van der Waals surface area contributed by atoms with Gasteiger partial charge < -0.3 is 19.9 Å². The highest BCUT2D eigenvalue weighted by atomic mass is 16.6. The molecule has 1 aromatic rings. The summed E-state index contributed by atoms with van der Waals surface area (Å²) in [5.41, 5.74) is 1.30. The number of hydrogen-bond donors (Lipinski definition) is 1. The molecule has 7 nitrogen and oxygen atoms in total. The molecule has 1 N–H and O–H groups in total. The van der Waals surface area contributed by atoms with Gasteiger partial charge in [-0.15, -0.1) is 0 Å². The fourth-order valence-corrected chi connectivity index (χ4v) is 3.10. The van der Waals surface area contributed by atoms with Gasteiger partial charge in [-0.3, -0.25) is 9.59 Å². The molecule has 1 aromatic carbocycles. The zero-order valence-corrected chi connectivity index (χ0v) is 18.0. The predicted molar refractivity (Wildman–Crippen MR) is 112 cm³/mol. The van der Waals surface area contributed by atoms with Crippen LogP contribution in [0.2, 0.25) is 0 Å². The Labute approximate surface area is 173 Å². The Kier molecular flexibility index (Phi) is 8.05. The largest absolute Gasteiger partial charge is 0.444 e. The summed E-state index contributed by atoms with van der Waals surface area (Å²) >= 11 is 0. The normalized spacial score (nSPS) is 14.5. The van der Waals surface area contributed by atoms with Crippen LogP contribution in [0.4, 0.5) is 4.79 Å². The van der Waals surface area contributed by atoms with Crippen LogP contribution in [-0.2, 0) is 9.53 Å². The third-order valence-electron chi connectivity index (χ3n) is 4.70. The molecule has 0 radical (unpaired) electrons. The van der Waals surface area contributed by atoms with Crippen LogP contribution in [0.15, 0.2) is 24.3 Å². The Bertz CT molecular complexity index is 702. The molecule has 0 aliphatic carbocycles. The molecule has 1 heterocycles. The summed E-state index contributed by atoms with van der Waals surface area (Å²) in [5, 5.41) is 2.70. The van der Waals surface area contributed by atoms with E-state index in [1.807, 2.05) is 56.9 Å². The minimum Gasteiger partial charge on any atom is -0.444 e. The summed E-state index contributed by atoms with van der Waals surface area (Å²) in [6, 6.07) is 7.57. The van der Waals surface area contributed by atoms with Gasteiger partial charge in [0.2, 0.25) is 5.91 Å². The maximum atomic E-state index is 12.6. The van der Waals surface area contributed by atoms with E-state index < -0.39 is 11.7 Å². The third-order valence-corrected chi connectivity index (χ3v) is 4.70. The first-order valence-corrected chi connectivity index (χ1v) is 10.3. The van der Waals surface area contributed by atoms with E-state index in [0.717, 1.165) is 12.0 Å². The lowest BCUT2D eigenvalue weighted by atomic mass is 10.1. The number of rotatable bonds is 6. The minimum absolute atomic E-state index is 0.0188. The van der Waals surface area contributed by atoms with Crippen molar-refractivity contribution in [3.8, 4) is 0 Å². The minimum atomic E-state index is -0.511. The molecule has 0 aromatic heterocycles. The number of nitrogens with one attached hydrogen (secondary N) is 1. The van der Waals surface area contributed by atoms with E-state index in [-0.39, 0.29) is 11.8 Å². The molecule has 0 spiro atoms. The van der Waals surface area contributed by atoms with Crippen LogP contribution in [0.3, 0.4) is 0 Å². The van der Waals surface area contributed by atoms with Crippen LogP contribution in [-0.4, -0.2) is 66.0 Å². The first-order valence-electron chi connectivity index (χ1n) is 10.3. The van der Waals surface area contributed by atoms with Crippen LogP contribution in [0.25, 0.3) is 0 Å². The van der Waals surface area contributed by atoms with Crippen molar-refractivity contribution in [2.75, 3.05) is 32.7 Å². The average molecular weight is 404 g/mol. The van der Waals surface area contributed by atoms with Gasteiger partial charge >= 0.3 is 6.09 Å². The maximum Gasteiger partial charge on any atom is 0.407 e. The zero-order chi connectivity index (χ0) is 21.4. The van der Waals surface area contributed by atoms with Gasteiger partial charge in [-0.05, 0) is 52.7 Å². The molecule has 1 aliphatic heterocycles. The number of aryl methyl sites for hydroxylation is 1. The van der Waals surface area contributed by atoms with Gasteiger partial charge in [0.1, 0.15) is 5.60 Å². The van der Waals surface area contributed by atoms with Gasteiger partial charge in [-0.25, -0.2) is 4.79 Å². The molecule has 0 bridgehead atoms. The number of benzene rings is 1. The lowest BCUT2D eigenvalue weighted by molar-refractivity contribution is -0.132. The van der Waals surface area contributed by atoms with Crippen molar-refractivity contribution in [1.82, 2.24) is 15.1 Å². The molecule has 0 saturated carbocycles. The second-order valence-electron chi connectivity index (χ2n) is 8.42. The highest BCUT2D eigenvalue weighted by Gasteiger charge is 2.24. The summed E-state index contributed by atoms with van der Waals surface area (Å²) in [6.07, 6.45) is 1.44. The van der Waals surface area contributed by atoms with Crippen molar-refractivity contribution in [3.05, 3.63) is 35.4 Å². The lowest BCUT2D eigenvalue weighted by Gasteiger charge is -2.35. The van der Waals surface area contributed by atoms with Crippen molar-refractivity contribution in [3.63, 3.8) is 0 Å². The van der Waals surface area contributed by atoms with E-state index in [1.54, 1.807) is 4.90 Å². The van der Waals surface area contributed by atoms with E-state index in [4.69, 9.17) is 4.74 Å². The Balaban J connectivity index is 1.64. The average Bonchev–Trinajstić information content (AvgIpc) is 2.66. The van der Waals surface area contributed by atoms with Crippen LogP contribution in [0.1, 0.15) is 56.0 Å². The van der Waals surface area contributed by atoms with Crippen LogP contribution < -0.4 is 5.32 Å². The second kappa shape index (κ2) is 10.3. The second-order valence-corrected chi connectivity index (χ2v) is 8.42. The number of alkyl carbamates (subject to hydrolysis) is 1. The number of hydrogen-bond acceptors (Lipinski definition) is 4. The highest BCUT2D eigenvalue weighted by molar-refractivity contribution is 5.94. The van der Waals surface area contributed by atoms with Gasteiger partial charge in [0, 0.05) is 44.7 Å². The highest BCUT2D eigenvalue weighted by Crippen LogP contribution is 2.12. The van der Waals surface area contributed by atoms with Crippen molar-refractivity contribution in [2.24, 2.45) is 0 Å². The van der Waals surface area contributed by atoms with Crippen molar-refractivity contribution >= 4 is 17.9 Å². The molecule has 1 aliphatic rings. The van der Waals surface area contributed by atoms with Crippen LogP contribution >= 0.6 is 0 Å². The van der Waals surface area contributed by atoms with Crippen molar-refractivity contribution < 1.29 is 19.1 Å². The number of carbonyl (C=O) groups is 3. The van der Waals surface area contributed by atoms with Crippen LogP contribution in [0.5, 0.6) is 0 Å². The van der Waals surface area contributed by atoms with E-state index in [0.29, 0.717) is 51.1 Å². The van der Waals surface area contributed by atoms with Crippen molar-refractivity contribution in [1.29, 1.82) is 0 Å². The molecular weight excluding hydrogens is 370 g/mol. The van der Waals surface area contributed by atoms with E-state index >= 15 is 0 Å². The monoisotopic (exact) mass is 403 g/mol. The number of unbranched alkanes of at least 4 members (excludes halogenated alkanes) is 1. The SMILES string of the molecule is Cc1ccc(C(=O)N2CCN(C(=O)CCCCNC(=O)OC(C)(C)C)CC2)cc1. The molecular formula is C22H33N3O4. The number of amides is 3. The molecule has 3 amide bonds. The summed E-state index contributed by atoms with van der Waals surface area (Å²) in [5.74, 6) is 0.120. The standard InChI is InChI=1S/C22H33N3O4/c1-17-8-10-18(11-9-17)20(27)25-15-13-24(14-16-25)19(26)7-5-6-12-23-21(28)29-22(2,3)4/h8-11H,5-7,12-16H2,1-4H3,(H,23,28). The molecule has 2 rings (SSSR count). The number of ether oxygens (including phenoxy) is 1. The van der Waals surface area contributed by atoms with E-state index in [2.05, 4.69) is 5.32 Å². The molecule has 7 heteroatoms. The molecule has 160 valence electrons. The summed E-state index contributed by atoms with van der Waals surface area (Å²) in [6.45, 7) is 10.2. The predicted octanol–water partition coefficient (Wildman–Crippen LogP) is 2.97. The molecule has 0 unspecified atom stereocenters. The molecule has 1 fully saturated rings. The zero-order valence-electron chi connectivity index (χ0n) is 18.0. The number of nitrogens with zero attached hydrogens (tertiary/aromatic N) is 2. The van der Waals surface area contributed by atoms with Crippen LogP contribution in [0, 0.1) is 6.92 Å². The Morgan fingerprint density at radius 2 is 1.55 bits per heavy atom. The lowest BCUT2D eigenvalue weighted by Crippen LogP contribution is -2.50. The number of carbonyl (C=O) groups excluding carboxylic acids is 3. The Morgan fingerprint density at radius 3 is 2.14 bits per heavy atom. The summed E-state index contributed by atoms with van der Waals surface area (Å²) in [7, 11) is 0. The first-order chi connectivity index (χ1) is 13.7. The fourth-order valence-electron chi connectivity index (χ4n) is 3.10. The molecule has 1 saturated heterocycles. The quantitative estimate of drug-likeness (QED) is 0.741. The van der Waals surface area contributed by atoms with Gasteiger partial charge in [0.15, 0.2) is 0 Å².